The third-order valence-electron chi connectivity index (χ3n) is 21.9. The number of hydrogen-bond donors (Lipinski definition) is 11. The van der Waals surface area contributed by atoms with Crippen LogP contribution in [0.25, 0.3) is 0 Å². The summed E-state index contributed by atoms with van der Waals surface area (Å²) in [6, 6.07) is 0. The summed E-state index contributed by atoms with van der Waals surface area (Å²) in [6.45, 7) is 14.2. The molecule has 0 aromatic carbocycles. The smallest absolute Gasteiger partial charge is 0.397 e. The zero-order chi connectivity index (χ0) is 66.6. The van der Waals surface area contributed by atoms with Gasteiger partial charge in [0, 0.05) is 32.3 Å². The lowest BCUT2D eigenvalue weighted by atomic mass is 9.41. The van der Waals surface area contributed by atoms with Crippen molar-refractivity contribution in [1.82, 2.24) is 0 Å². The van der Waals surface area contributed by atoms with Gasteiger partial charge in [0.15, 0.2) is 31.5 Å². The maximum absolute atomic E-state index is 14.8. The van der Waals surface area contributed by atoms with Gasteiger partial charge in [-0.15, -0.1) is 0 Å². The number of Topliss-reactive ketones (excluding diaryl/α,β-unsaturated/α-hetero) is 1. The summed E-state index contributed by atoms with van der Waals surface area (Å²) < 4.78 is 118. The number of ketones is 1. The minimum atomic E-state index is -5.27. The Morgan fingerprint density at radius 3 is 1.96 bits per heavy atom. The topological polar surface area (TPSA) is 437 Å². The molecule has 91 heavy (non-hydrogen) atoms. The van der Waals surface area contributed by atoms with Crippen molar-refractivity contribution < 1.29 is 144 Å². The van der Waals surface area contributed by atoms with E-state index in [4.69, 9.17) is 65.8 Å². The van der Waals surface area contributed by atoms with Crippen LogP contribution in [0.15, 0.2) is 11.6 Å². The van der Waals surface area contributed by atoms with Gasteiger partial charge in [0.05, 0.1) is 50.0 Å². The van der Waals surface area contributed by atoms with E-state index in [1.54, 1.807) is 6.92 Å². The standard InChI is InChI=1S/C60H94O30S/c1-24(2)17-27(63)18-59(9)49-32(82-26(4)62)19-58(8)29-11-12-35-56(5,6)36(14-15-57(35,7)28(29)13-16-60(49,58)55(73)89-59)84-53-47(39(68)34(23-80-53)90-91(74,75)76)88-54-48(87-50-40(69)37(66)30(64)21-78-50)41(70)44(25(3)81-54)85-51-42(71)45(31(65)22-79-51)86-52-43(72)46(77-10)38(67)33(20-61)83-52/h11,24-25,28,30-54,61,64-72H,12-23H2,1-10H3,(H,74,75,76)/t25-,28+,30-,31-,32+,33-,34-,35+,36+,37+,38-,39+,40-,41+,42-,43-,44-,45+,46+,47-,48-,49-,50+,51+,52+,53+,54+,57-,58+,59+,60-/m1/s1. The molecule has 0 bridgehead atoms. The normalized spacial score (nSPS) is 49.8. The Labute approximate surface area is 527 Å². The summed E-state index contributed by atoms with van der Waals surface area (Å²) in [4.78, 5) is 41.2. The van der Waals surface area contributed by atoms with Gasteiger partial charge in [-0.1, -0.05) is 53.2 Å². The molecular formula is C60H94O30S. The largest absolute Gasteiger partial charge is 0.462 e. The SMILES string of the molecule is CO[C@@H]1[C@@H](O)[C@H](O[C@@H]2[C@@H](O)[C@H](O[C@H]3[C@H](O)[C@@H](O[C@@H]4OC[C@@H](O)[C@H](O)[C@H]4O)[C@H](O[C@H]4[C@H](O[C@H]5CC[C@]6(C)[C@H]7CC[C@]89C(=O)O[C@@](C)(CC(=O)CC(C)C)[C@H]8[C@@H](OC(C)=O)C[C@@]9(C)C7=CC[C@H]6C5(C)C)OC[C@@H](OS(=O)(=O)O)[C@@H]4O)O[C@@H]3C)OC[C@H]2O)O[C@H](CO)[C@H]1O. The van der Waals surface area contributed by atoms with E-state index in [1.807, 2.05) is 27.7 Å². The number of ether oxygens (including phenoxy) is 13. The van der Waals surface area contributed by atoms with E-state index in [0.29, 0.717) is 44.9 Å². The molecule has 520 valence electrons. The van der Waals surface area contributed by atoms with Gasteiger partial charge < -0.3 is 113 Å². The van der Waals surface area contributed by atoms with E-state index in [9.17, 15) is 78.4 Å². The Kier molecular flexibility index (Phi) is 20.8. The predicted octanol–water partition coefficient (Wildman–Crippen LogP) is -1.66. The van der Waals surface area contributed by atoms with Gasteiger partial charge in [0.1, 0.15) is 115 Å². The summed E-state index contributed by atoms with van der Waals surface area (Å²) in [7, 11) is -4.09. The average molecular weight is 1330 g/mol. The fourth-order valence-electron chi connectivity index (χ4n) is 17.7. The Bertz CT molecular complexity index is 2760. The zero-order valence-electron chi connectivity index (χ0n) is 52.8. The molecular weight excluding hydrogens is 1230 g/mol. The van der Waals surface area contributed by atoms with Crippen LogP contribution in [-0.2, 0) is 90.5 Å². The van der Waals surface area contributed by atoms with E-state index in [0.717, 1.165) is 5.57 Å². The van der Waals surface area contributed by atoms with E-state index in [1.165, 1.54) is 21.0 Å². The fraction of sp³-hybridized carbons (Fsp3) is 0.917. The summed E-state index contributed by atoms with van der Waals surface area (Å²) in [6.07, 6.45) is -34.0. The molecule has 0 aromatic rings. The van der Waals surface area contributed by atoms with Crippen LogP contribution in [0, 0.1) is 45.3 Å². The molecule has 3 saturated carbocycles. The summed E-state index contributed by atoms with van der Waals surface area (Å²) in [5.41, 5.74) is -3.21. The Balaban J connectivity index is 0.907. The molecule has 1 spiro atoms. The molecule has 6 saturated heterocycles. The van der Waals surface area contributed by atoms with Gasteiger partial charge in [-0.3, -0.25) is 18.9 Å². The van der Waals surface area contributed by atoms with Crippen molar-refractivity contribution in [2.75, 3.05) is 33.5 Å². The van der Waals surface area contributed by atoms with Gasteiger partial charge in [0.2, 0.25) is 0 Å². The maximum Gasteiger partial charge on any atom is 0.397 e. The zero-order valence-corrected chi connectivity index (χ0v) is 53.6. The third kappa shape index (κ3) is 12.9. The molecule has 0 radical (unpaired) electrons. The van der Waals surface area contributed by atoms with Crippen LogP contribution in [0.5, 0.6) is 0 Å². The van der Waals surface area contributed by atoms with Gasteiger partial charge in [-0.25, -0.2) is 4.18 Å². The lowest BCUT2D eigenvalue weighted by molar-refractivity contribution is -0.399. The molecule has 31 atom stereocenters. The molecule has 31 heteroatoms. The molecule has 10 rings (SSSR count). The van der Waals surface area contributed by atoms with Gasteiger partial charge in [-0.05, 0) is 81.0 Å². The number of fused-ring (bicyclic) bond motifs is 4. The number of methoxy groups -OCH3 is 1. The van der Waals surface area contributed by atoms with Crippen LogP contribution in [0.4, 0.5) is 0 Å². The number of esters is 2. The van der Waals surface area contributed by atoms with E-state index in [2.05, 4.69) is 19.9 Å². The van der Waals surface area contributed by atoms with Gasteiger partial charge in [0.25, 0.3) is 0 Å². The van der Waals surface area contributed by atoms with Crippen LogP contribution >= 0.6 is 0 Å². The summed E-state index contributed by atoms with van der Waals surface area (Å²) in [5, 5.41) is 111. The van der Waals surface area contributed by atoms with Gasteiger partial charge >= 0.3 is 22.3 Å². The molecule has 9 fully saturated rings. The van der Waals surface area contributed by atoms with Crippen LogP contribution in [0.1, 0.15) is 114 Å². The van der Waals surface area contributed by atoms with Crippen molar-refractivity contribution in [3.63, 3.8) is 0 Å². The Morgan fingerprint density at radius 1 is 0.692 bits per heavy atom. The first-order valence-corrected chi connectivity index (χ1v) is 32.9. The molecule has 30 nitrogen and oxygen atoms in total. The lowest BCUT2D eigenvalue weighted by Crippen LogP contribution is -2.67. The molecule has 10 aliphatic rings. The van der Waals surface area contributed by atoms with Crippen LogP contribution in [0.3, 0.4) is 0 Å². The fourth-order valence-corrected chi connectivity index (χ4v) is 18.2. The van der Waals surface area contributed by atoms with E-state index >= 15 is 0 Å². The van der Waals surface area contributed by atoms with E-state index in [-0.39, 0.29) is 30.0 Å². The van der Waals surface area contributed by atoms with Crippen molar-refractivity contribution in [1.29, 1.82) is 0 Å². The molecule has 11 N–H and O–H groups in total. The number of cyclic esters (lactones) is 1. The minimum absolute atomic E-state index is 0.0103. The predicted molar refractivity (Wildman–Crippen MR) is 303 cm³/mol. The van der Waals surface area contributed by atoms with Crippen molar-refractivity contribution in [2.24, 2.45) is 45.3 Å². The average Bonchev–Trinajstić information content (AvgIpc) is 1.52. The van der Waals surface area contributed by atoms with Crippen molar-refractivity contribution in [2.45, 2.75) is 267 Å². The number of aliphatic hydroxyl groups excluding tert-OH is 10. The second-order valence-corrected chi connectivity index (χ2v) is 29.5. The summed E-state index contributed by atoms with van der Waals surface area (Å²) in [5.74, 6) is -1.64. The number of aliphatic hydroxyl groups is 10. The van der Waals surface area contributed by atoms with Crippen LogP contribution in [-0.4, -0.2) is 268 Å². The number of carbonyl (C=O) groups is 3. The maximum atomic E-state index is 14.8. The first kappa shape index (κ1) is 71.2. The third-order valence-corrected chi connectivity index (χ3v) is 22.4. The summed E-state index contributed by atoms with van der Waals surface area (Å²) >= 11 is 0. The second kappa shape index (κ2) is 26.7. The van der Waals surface area contributed by atoms with Crippen LogP contribution in [0.2, 0.25) is 0 Å². The van der Waals surface area contributed by atoms with E-state index < -0.39 is 229 Å². The number of allylic oxidation sites excluding steroid dienone is 2. The molecule has 0 unspecified atom stereocenters. The van der Waals surface area contributed by atoms with Crippen molar-refractivity contribution in [3.05, 3.63) is 11.6 Å². The highest BCUT2D eigenvalue weighted by molar-refractivity contribution is 7.80. The molecule has 6 heterocycles. The molecule has 0 aromatic heterocycles. The van der Waals surface area contributed by atoms with Crippen molar-refractivity contribution in [3.8, 4) is 0 Å². The first-order chi connectivity index (χ1) is 42.5. The lowest BCUT2D eigenvalue weighted by Gasteiger charge is -2.64. The number of rotatable bonds is 19. The van der Waals surface area contributed by atoms with Gasteiger partial charge in [-0.2, -0.15) is 8.42 Å². The highest BCUT2D eigenvalue weighted by Gasteiger charge is 2.80. The highest BCUT2D eigenvalue weighted by atomic mass is 32.3. The Morgan fingerprint density at radius 2 is 1.31 bits per heavy atom. The molecule has 6 aliphatic heterocycles. The second-order valence-electron chi connectivity index (χ2n) is 28.5. The number of carbonyl (C=O) groups excluding carboxylic acids is 3. The quantitative estimate of drug-likeness (QED) is 0.0392. The number of hydrogen-bond acceptors (Lipinski definition) is 29. The Hall–Kier alpha value is -2.62. The van der Waals surface area contributed by atoms with Crippen LogP contribution < -0.4 is 0 Å². The molecule has 0 amide bonds. The monoisotopic (exact) mass is 1330 g/mol. The molecule has 4 aliphatic carbocycles. The highest BCUT2D eigenvalue weighted by Crippen LogP contribution is 2.77. The minimum Gasteiger partial charge on any atom is -0.462 e. The first-order valence-electron chi connectivity index (χ1n) is 31.5. The van der Waals surface area contributed by atoms with Crippen molar-refractivity contribution >= 4 is 28.1 Å².